The SMILES string of the molecule is CCOC(C=O)Cc1ccc(OCCc2ccc(N(C(=O)[O-])C(C)(C)C)cc2)cc1. The molecule has 0 saturated heterocycles. The van der Waals surface area contributed by atoms with E-state index in [-0.39, 0.29) is 0 Å². The number of carboxylic acid groups (broad SMARTS) is 1. The number of anilines is 1. The Morgan fingerprint density at radius 2 is 1.67 bits per heavy atom. The van der Waals surface area contributed by atoms with Gasteiger partial charge in [0.05, 0.1) is 6.61 Å². The molecule has 2 rings (SSSR count). The molecule has 1 amide bonds. The first-order chi connectivity index (χ1) is 14.2. The molecule has 0 radical (unpaired) electrons. The highest BCUT2D eigenvalue weighted by Gasteiger charge is 2.22. The Hall–Kier alpha value is -2.86. The van der Waals surface area contributed by atoms with Crippen LogP contribution in [0.4, 0.5) is 10.5 Å². The van der Waals surface area contributed by atoms with Crippen molar-refractivity contribution in [2.24, 2.45) is 0 Å². The molecule has 0 N–H and O–H groups in total. The summed E-state index contributed by atoms with van der Waals surface area (Å²) in [4.78, 5) is 23.7. The van der Waals surface area contributed by atoms with Gasteiger partial charge in [0.25, 0.3) is 0 Å². The summed E-state index contributed by atoms with van der Waals surface area (Å²) in [6.07, 6.45) is 0.424. The monoisotopic (exact) mass is 412 g/mol. The van der Waals surface area contributed by atoms with E-state index in [4.69, 9.17) is 9.47 Å². The lowest BCUT2D eigenvalue weighted by atomic mass is 10.0. The van der Waals surface area contributed by atoms with Crippen molar-refractivity contribution in [3.05, 3.63) is 59.7 Å². The molecule has 1 atom stereocenters. The highest BCUT2D eigenvalue weighted by atomic mass is 16.5. The minimum absolute atomic E-state index is 0.421. The lowest BCUT2D eigenvalue weighted by Gasteiger charge is -2.37. The largest absolute Gasteiger partial charge is 0.530 e. The molecule has 0 aromatic heterocycles. The van der Waals surface area contributed by atoms with Crippen LogP contribution in [0.15, 0.2) is 48.5 Å². The Morgan fingerprint density at radius 3 is 2.17 bits per heavy atom. The van der Waals surface area contributed by atoms with Crippen molar-refractivity contribution < 1.29 is 24.2 Å². The Labute approximate surface area is 178 Å². The first-order valence-electron chi connectivity index (χ1n) is 10.1. The second-order valence-electron chi connectivity index (χ2n) is 8.01. The van der Waals surface area contributed by atoms with E-state index in [9.17, 15) is 14.7 Å². The average molecular weight is 413 g/mol. The van der Waals surface area contributed by atoms with Crippen LogP contribution < -0.4 is 14.7 Å². The topological polar surface area (TPSA) is 78.9 Å². The van der Waals surface area contributed by atoms with Gasteiger partial charge >= 0.3 is 0 Å². The fraction of sp³-hybridized carbons (Fsp3) is 0.417. The minimum Gasteiger partial charge on any atom is -0.530 e. The first kappa shape index (κ1) is 23.4. The van der Waals surface area contributed by atoms with E-state index >= 15 is 0 Å². The second kappa shape index (κ2) is 10.8. The zero-order valence-corrected chi connectivity index (χ0v) is 18.1. The third-order valence-electron chi connectivity index (χ3n) is 4.60. The summed E-state index contributed by atoms with van der Waals surface area (Å²) in [6.45, 7) is 8.35. The third kappa shape index (κ3) is 6.88. The average Bonchev–Trinajstić information content (AvgIpc) is 2.69. The number of aldehydes is 1. The number of nitrogens with zero attached hydrogens (tertiary/aromatic N) is 1. The number of rotatable bonds is 10. The molecule has 0 bridgehead atoms. The normalized spacial score (nSPS) is 12.3. The number of carbonyl (C=O) groups excluding carboxylic acids is 2. The molecular weight excluding hydrogens is 382 g/mol. The maximum Gasteiger partial charge on any atom is 0.149 e. The van der Waals surface area contributed by atoms with Crippen LogP contribution in [0.2, 0.25) is 0 Å². The summed E-state index contributed by atoms with van der Waals surface area (Å²) >= 11 is 0. The van der Waals surface area contributed by atoms with Crippen molar-refractivity contribution in [3.8, 4) is 5.75 Å². The summed E-state index contributed by atoms with van der Waals surface area (Å²) in [5, 5.41) is 11.5. The molecule has 6 nitrogen and oxygen atoms in total. The van der Waals surface area contributed by atoms with Crippen molar-refractivity contribution in [2.75, 3.05) is 18.1 Å². The molecular formula is C24H30NO5-. The van der Waals surface area contributed by atoms with Crippen molar-refractivity contribution in [1.29, 1.82) is 0 Å². The molecule has 0 aliphatic heterocycles. The third-order valence-corrected chi connectivity index (χ3v) is 4.60. The quantitative estimate of drug-likeness (QED) is 0.559. The highest BCUT2D eigenvalue weighted by Crippen LogP contribution is 2.24. The van der Waals surface area contributed by atoms with Crippen LogP contribution in [-0.2, 0) is 22.4 Å². The molecule has 6 heteroatoms. The van der Waals surface area contributed by atoms with E-state index in [1.165, 1.54) is 4.90 Å². The molecule has 0 aliphatic rings. The van der Waals surface area contributed by atoms with Crippen LogP contribution in [0.5, 0.6) is 5.75 Å². The zero-order chi connectivity index (χ0) is 22.1. The van der Waals surface area contributed by atoms with E-state index in [0.717, 1.165) is 23.2 Å². The van der Waals surface area contributed by atoms with Crippen LogP contribution >= 0.6 is 0 Å². The fourth-order valence-electron chi connectivity index (χ4n) is 3.18. The zero-order valence-electron chi connectivity index (χ0n) is 18.1. The van der Waals surface area contributed by atoms with Crippen molar-refractivity contribution in [3.63, 3.8) is 0 Å². The van der Waals surface area contributed by atoms with Crippen LogP contribution in [0.1, 0.15) is 38.8 Å². The lowest BCUT2D eigenvalue weighted by molar-refractivity contribution is -0.247. The molecule has 0 saturated carbocycles. The summed E-state index contributed by atoms with van der Waals surface area (Å²) in [5.74, 6) is 0.755. The lowest BCUT2D eigenvalue weighted by Crippen LogP contribution is -2.52. The number of amides is 1. The minimum atomic E-state index is -1.22. The Morgan fingerprint density at radius 1 is 1.07 bits per heavy atom. The predicted molar refractivity (Wildman–Crippen MR) is 115 cm³/mol. The first-order valence-corrected chi connectivity index (χ1v) is 10.1. The molecule has 30 heavy (non-hydrogen) atoms. The van der Waals surface area contributed by atoms with E-state index < -0.39 is 17.7 Å². The molecule has 2 aromatic rings. The molecule has 2 aromatic carbocycles. The van der Waals surface area contributed by atoms with Gasteiger partial charge in [-0.1, -0.05) is 24.3 Å². The van der Waals surface area contributed by atoms with Crippen molar-refractivity contribution in [1.82, 2.24) is 0 Å². The van der Waals surface area contributed by atoms with Gasteiger partial charge < -0.3 is 29.1 Å². The Bertz CT molecular complexity index is 809. The highest BCUT2D eigenvalue weighted by molar-refractivity contribution is 5.86. The van der Waals surface area contributed by atoms with E-state index in [1.807, 2.05) is 64.1 Å². The smallest absolute Gasteiger partial charge is 0.149 e. The van der Waals surface area contributed by atoms with Gasteiger partial charge in [-0.05, 0) is 63.1 Å². The summed E-state index contributed by atoms with van der Waals surface area (Å²) in [5.41, 5.74) is 2.07. The van der Waals surface area contributed by atoms with Gasteiger partial charge in [-0.2, -0.15) is 0 Å². The van der Waals surface area contributed by atoms with Gasteiger partial charge in [-0.3, -0.25) is 0 Å². The van der Waals surface area contributed by atoms with E-state index in [2.05, 4.69) is 0 Å². The van der Waals surface area contributed by atoms with Crippen LogP contribution in [0.3, 0.4) is 0 Å². The molecule has 1 unspecified atom stereocenters. The summed E-state index contributed by atoms with van der Waals surface area (Å²) < 4.78 is 11.2. The van der Waals surface area contributed by atoms with Gasteiger partial charge in [0.1, 0.15) is 24.2 Å². The predicted octanol–water partition coefficient (Wildman–Crippen LogP) is 3.40. The maximum atomic E-state index is 11.5. The Balaban J connectivity index is 1.88. The number of hydrogen-bond acceptors (Lipinski definition) is 5. The number of ether oxygens (including phenoxy) is 2. The van der Waals surface area contributed by atoms with Crippen LogP contribution in [0, 0.1) is 0 Å². The maximum absolute atomic E-state index is 11.5. The summed E-state index contributed by atoms with van der Waals surface area (Å²) in [7, 11) is 0. The molecule has 0 aliphatic carbocycles. The molecule has 0 spiro atoms. The van der Waals surface area contributed by atoms with Crippen LogP contribution in [-0.4, -0.2) is 37.2 Å². The van der Waals surface area contributed by atoms with E-state index in [1.54, 1.807) is 12.1 Å². The standard InChI is InChI=1S/C24H31NO5/c1-5-29-22(17-26)16-19-8-12-21(13-9-19)30-15-14-18-6-10-20(11-7-18)25(23(27)28)24(2,3)4/h6-13,17,22H,5,14-16H2,1-4H3,(H,27,28)/p-1. The number of benzene rings is 2. The summed E-state index contributed by atoms with van der Waals surface area (Å²) in [6, 6.07) is 15.0. The van der Waals surface area contributed by atoms with Crippen LogP contribution in [0.25, 0.3) is 0 Å². The van der Waals surface area contributed by atoms with Gasteiger partial charge in [-0.15, -0.1) is 0 Å². The van der Waals surface area contributed by atoms with Crippen molar-refractivity contribution in [2.45, 2.75) is 52.2 Å². The van der Waals surface area contributed by atoms with Gasteiger partial charge in [0.2, 0.25) is 0 Å². The fourth-order valence-corrected chi connectivity index (χ4v) is 3.18. The number of hydrogen-bond donors (Lipinski definition) is 0. The molecule has 0 fully saturated rings. The van der Waals surface area contributed by atoms with Crippen molar-refractivity contribution >= 4 is 18.1 Å². The van der Waals surface area contributed by atoms with Gasteiger partial charge in [-0.25, -0.2) is 0 Å². The van der Waals surface area contributed by atoms with Gasteiger partial charge in [0.15, 0.2) is 0 Å². The van der Waals surface area contributed by atoms with Gasteiger partial charge in [0, 0.05) is 30.7 Å². The molecule has 0 heterocycles. The molecule has 162 valence electrons. The second-order valence-corrected chi connectivity index (χ2v) is 8.01. The van der Waals surface area contributed by atoms with E-state index in [0.29, 0.717) is 31.7 Å². The Kier molecular flexibility index (Phi) is 8.42. The number of carbonyl (C=O) groups is 2.